The molecule has 13 heteroatoms. The SMILES string of the molecule is COc1ncnc(C2CC2)c1-c1nc(NCc2ccc(-c3nc(C(F)(F)F)cn3C(C)C)cc2)c2c(n1)C(=O)NCC2. The number of rotatable bonds is 8. The number of carbonyl (C=O) groups is 1. The molecule has 0 bridgehead atoms. The maximum absolute atomic E-state index is 13.3. The summed E-state index contributed by atoms with van der Waals surface area (Å²) in [6.07, 6.45) is 0.522. The van der Waals surface area contributed by atoms with E-state index in [1.165, 1.54) is 18.0 Å². The summed E-state index contributed by atoms with van der Waals surface area (Å²) >= 11 is 0. The van der Waals surface area contributed by atoms with Gasteiger partial charge in [-0.2, -0.15) is 13.2 Å². The van der Waals surface area contributed by atoms with Gasteiger partial charge in [0.25, 0.3) is 5.91 Å². The van der Waals surface area contributed by atoms with Crippen LogP contribution < -0.4 is 15.4 Å². The molecule has 1 fully saturated rings. The first-order valence-electron chi connectivity index (χ1n) is 13.7. The van der Waals surface area contributed by atoms with Crippen LogP contribution in [-0.4, -0.2) is 49.0 Å². The Morgan fingerprint density at radius 2 is 1.88 bits per heavy atom. The van der Waals surface area contributed by atoms with Crippen molar-refractivity contribution in [1.82, 2.24) is 34.8 Å². The average molecular weight is 579 g/mol. The highest BCUT2D eigenvalue weighted by molar-refractivity contribution is 5.96. The lowest BCUT2D eigenvalue weighted by atomic mass is 10.0. The zero-order valence-corrected chi connectivity index (χ0v) is 23.3. The van der Waals surface area contributed by atoms with E-state index in [2.05, 4.69) is 30.6 Å². The molecule has 0 saturated heterocycles. The van der Waals surface area contributed by atoms with Crippen LogP contribution in [0.5, 0.6) is 5.88 Å². The second-order valence-electron chi connectivity index (χ2n) is 10.6. The smallest absolute Gasteiger partial charge is 0.434 e. The van der Waals surface area contributed by atoms with E-state index in [4.69, 9.17) is 9.72 Å². The minimum Gasteiger partial charge on any atom is -0.480 e. The van der Waals surface area contributed by atoms with Crippen LogP contribution in [0.3, 0.4) is 0 Å². The Hall–Kier alpha value is -4.55. The largest absolute Gasteiger partial charge is 0.480 e. The third-order valence-corrected chi connectivity index (χ3v) is 7.36. The van der Waals surface area contributed by atoms with Crippen molar-refractivity contribution >= 4 is 11.7 Å². The van der Waals surface area contributed by atoms with Gasteiger partial charge in [-0.05, 0) is 38.7 Å². The number of hydrogen-bond donors (Lipinski definition) is 2. The van der Waals surface area contributed by atoms with Crippen LogP contribution in [0.25, 0.3) is 22.8 Å². The van der Waals surface area contributed by atoms with Crippen LogP contribution >= 0.6 is 0 Å². The molecule has 6 rings (SSSR count). The molecular weight excluding hydrogens is 549 g/mol. The van der Waals surface area contributed by atoms with E-state index in [1.807, 2.05) is 26.0 Å². The molecule has 1 amide bonds. The monoisotopic (exact) mass is 578 g/mol. The summed E-state index contributed by atoms with van der Waals surface area (Å²) in [5.41, 5.74) is 2.90. The van der Waals surface area contributed by atoms with E-state index in [-0.39, 0.29) is 29.4 Å². The Kier molecular flexibility index (Phi) is 7.03. The van der Waals surface area contributed by atoms with Crippen LogP contribution in [0.2, 0.25) is 0 Å². The van der Waals surface area contributed by atoms with Gasteiger partial charge in [0.1, 0.15) is 29.2 Å². The first kappa shape index (κ1) is 27.6. The van der Waals surface area contributed by atoms with Crippen LogP contribution in [0.1, 0.15) is 71.7 Å². The van der Waals surface area contributed by atoms with E-state index in [9.17, 15) is 18.0 Å². The number of hydrogen-bond acceptors (Lipinski definition) is 8. The number of nitrogens with one attached hydrogen (secondary N) is 2. The van der Waals surface area contributed by atoms with E-state index >= 15 is 0 Å². The number of nitrogens with zero attached hydrogens (tertiary/aromatic N) is 6. The number of amides is 1. The van der Waals surface area contributed by atoms with Crippen LogP contribution in [0.15, 0.2) is 36.8 Å². The van der Waals surface area contributed by atoms with Gasteiger partial charge >= 0.3 is 6.18 Å². The quantitative estimate of drug-likeness (QED) is 0.294. The number of methoxy groups -OCH3 is 1. The Morgan fingerprint density at radius 1 is 1.12 bits per heavy atom. The molecule has 4 heterocycles. The summed E-state index contributed by atoms with van der Waals surface area (Å²) < 4.78 is 47.1. The molecule has 0 unspecified atom stereocenters. The van der Waals surface area contributed by atoms with Gasteiger partial charge in [-0.15, -0.1) is 0 Å². The summed E-state index contributed by atoms with van der Waals surface area (Å²) in [5.74, 6) is 1.41. The molecule has 1 aliphatic carbocycles. The summed E-state index contributed by atoms with van der Waals surface area (Å²) in [7, 11) is 1.52. The van der Waals surface area contributed by atoms with E-state index in [0.717, 1.165) is 30.3 Å². The topological polar surface area (TPSA) is 120 Å². The number of ether oxygens (including phenoxy) is 1. The van der Waals surface area contributed by atoms with Crippen molar-refractivity contribution in [3.05, 3.63) is 65.0 Å². The molecule has 1 aromatic carbocycles. The number of fused-ring (bicyclic) bond motifs is 1. The number of imidazole rings is 1. The van der Waals surface area contributed by atoms with Gasteiger partial charge in [-0.25, -0.2) is 24.9 Å². The minimum atomic E-state index is -4.53. The fourth-order valence-corrected chi connectivity index (χ4v) is 5.06. The molecule has 2 aliphatic rings. The van der Waals surface area contributed by atoms with Crippen molar-refractivity contribution in [2.45, 2.75) is 57.8 Å². The molecule has 4 aromatic rings. The Labute approximate surface area is 239 Å². The first-order valence-corrected chi connectivity index (χ1v) is 13.7. The van der Waals surface area contributed by atoms with Crippen molar-refractivity contribution in [2.24, 2.45) is 0 Å². The van der Waals surface area contributed by atoms with E-state index in [1.54, 1.807) is 12.1 Å². The summed E-state index contributed by atoms with van der Waals surface area (Å²) in [5, 5.41) is 6.20. The number of benzene rings is 1. The molecule has 0 atom stereocenters. The molecule has 1 aliphatic heterocycles. The predicted octanol–water partition coefficient (Wildman–Crippen LogP) is 5.18. The number of aromatic nitrogens is 6. The second kappa shape index (κ2) is 10.7. The third kappa shape index (κ3) is 5.26. The number of anilines is 1. The van der Waals surface area contributed by atoms with Crippen molar-refractivity contribution in [3.8, 4) is 28.7 Å². The molecular formula is C29H29F3N8O2. The highest BCUT2D eigenvalue weighted by Crippen LogP contribution is 2.45. The molecule has 218 valence electrons. The van der Waals surface area contributed by atoms with Crippen LogP contribution in [0.4, 0.5) is 19.0 Å². The molecule has 0 radical (unpaired) electrons. The van der Waals surface area contributed by atoms with Gasteiger partial charge in [-0.1, -0.05) is 24.3 Å². The standard InChI is InChI=1S/C29H29F3N8O2/c1-15(2)40-13-20(29(30,31)32)37-26(40)18-6-4-16(5-7-18)12-34-24-19-10-11-33-27(41)23(19)38-25(39-24)21-22(17-8-9-17)35-14-36-28(21)42-3/h4-7,13-15,17H,8-12H2,1-3H3,(H,33,41)(H,34,38,39). The number of halogens is 3. The Balaban J connectivity index is 1.31. The zero-order valence-electron chi connectivity index (χ0n) is 23.3. The lowest BCUT2D eigenvalue weighted by Crippen LogP contribution is -2.34. The Bertz CT molecular complexity index is 1650. The van der Waals surface area contributed by atoms with Gasteiger partial charge < -0.3 is 19.9 Å². The maximum Gasteiger partial charge on any atom is 0.434 e. The van der Waals surface area contributed by atoms with Gasteiger partial charge in [0.15, 0.2) is 11.5 Å². The zero-order chi connectivity index (χ0) is 29.6. The first-order chi connectivity index (χ1) is 20.1. The summed E-state index contributed by atoms with van der Waals surface area (Å²) in [4.78, 5) is 34.9. The normalized spacial score (nSPS) is 15.0. The highest BCUT2D eigenvalue weighted by Gasteiger charge is 2.35. The molecule has 1 saturated carbocycles. The van der Waals surface area contributed by atoms with Crippen molar-refractivity contribution in [2.75, 3.05) is 19.0 Å². The van der Waals surface area contributed by atoms with Gasteiger partial charge in [0, 0.05) is 42.4 Å². The molecule has 42 heavy (non-hydrogen) atoms. The van der Waals surface area contributed by atoms with E-state index < -0.39 is 11.9 Å². The fourth-order valence-electron chi connectivity index (χ4n) is 5.06. The van der Waals surface area contributed by atoms with Crippen molar-refractivity contribution in [3.63, 3.8) is 0 Å². The molecule has 3 aromatic heterocycles. The van der Waals surface area contributed by atoms with Gasteiger partial charge in [0.05, 0.1) is 12.8 Å². The third-order valence-electron chi connectivity index (χ3n) is 7.36. The van der Waals surface area contributed by atoms with Crippen LogP contribution in [0, 0.1) is 0 Å². The van der Waals surface area contributed by atoms with Crippen LogP contribution in [-0.2, 0) is 19.1 Å². The lowest BCUT2D eigenvalue weighted by molar-refractivity contribution is -0.140. The van der Waals surface area contributed by atoms with Crippen molar-refractivity contribution < 1.29 is 22.7 Å². The average Bonchev–Trinajstić information content (AvgIpc) is 3.72. The lowest BCUT2D eigenvalue weighted by Gasteiger charge is -2.21. The van der Waals surface area contributed by atoms with E-state index in [0.29, 0.717) is 53.7 Å². The van der Waals surface area contributed by atoms with Gasteiger partial charge in [0.2, 0.25) is 5.88 Å². The van der Waals surface area contributed by atoms with Crippen molar-refractivity contribution in [1.29, 1.82) is 0 Å². The molecule has 2 N–H and O–H groups in total. The maximum atomic E-state index is 13.3. The summed E-state index contributed by atoms with van der Waals surface area (Å²) in [6.45, 7) is 4.44. The number of carbonyl (C=O) groups excluding carboxylic acids is 1. The fraction of sp³-hybridized carbons (Fsp3) is 0.379. The number of alkyl halides is 3. The van der Waals surface area contributed by atoms with Gasteiger partial charge in [-0.3, -0.25) is 4.79 Å². The summed E-state index contributed by atoms with van der Waals surface area (Å²) in [6, 6.07) is 6.96. The Morgan fingerprint density at radius 3 is 2.55 bits per heavy atom. The second-order valence-corrected chi connectivity index (χ2v) is 10.6. The molecule has 10 nitrogen and oxygen atoms in total. The predicted molar refractivity (Wildman–Crippen MR) is 148 cm³/mol. The highest BCUT2D eigenvalue weighted by atomic mass is 19.4. The molecule has 0 spiro atoms. The minimum absolute atomic E-state index is 0.200.